The van der Waals surface area contributed by atoms with Gasteiger partial charge in [0.15, 0.2) is 0 Å². The standard InChI is InChI=1S/C14H18F4N2/c15-12-6-5-10(8-11(12)14(16,17)18)13(20-19)7-9-3-1-2-4-9/h5-6,8-9,13,20H,1-4,7,19H2. The van der Waals surface area contributed by atoms with Crippen molar-refractivity contribution in [1.82, 2.24) is 5.43 Å². The molecule has 3 N–H and O–H groups in total. The van der Waals surface area contributed by atoms with Crippen molar-refractivity contribution in [2.75, 3.05) is 0 Å². The van der Waals surface area contributed by atoms with E-state index >= 15 is 0 Å². The Morgan fingerprint density at radius 1 is 1.25 bits per heavy atom. The Balaban J connectivity index is 2.21. The third-order valence-corrected chi connectivity index (χ3v) is 3.94. The van der Waals surface area contributed by atoms with Crippen molar-refractivity contribution < 1.29 is 17.6 Å². The molecule has 2 nitrogen and oxygen atoms in total. The molecule has 2 rings (SSSR count). The second kappa shape index (κ2) is 6.10. The van der Waals surface area contributed by atoms with Crippen LogP contribution in [-0.4, -0.2) is 0 Å². The Morgan fingerprint density at radius 2 is 1.90 bits per heavy atom. The molecule has 0 radical (unpaired) electrons. The maximum atomic E-state index is 13.3. The molecule has 0 amide bonds. The van der Waals surface area contributed by atoms with Gasteiger partial charge in [0, 0.05) is 6.04 Å². The van der Waals surface area contributed by atoms with Crippen LogP contribution in [-0.2, 0) is 6.18 Å². The maximum Gasteiger partial charge on any atom is 0.419 e. The predicted molar refractivity (Wildman–Crippen MR) is 68.0 cm³/mol. The first-order valence-electron chi connectivity index (χ1n) is 6.74. The minimum absolute atomic E-state index is 0.375. The van der Waals surface area contributed by atoms with Crippen LogP contribution in [0.15, 0.2) is 18.2 Å². The number of alkyl halides is 3. The monoisotopic (exact) mass is 290 g/mol. The molecule has 0 aliphatic heterocycles. The van der Waals surface area contributed by atoms with Gasteiger partial charge in [-0.1, -0.05) is 31.7 Å². The zero-order chi connectivity index (χ0) is 14.8. The van der Waals surface area contributed by atoms with Crippen molar-refractivity contribution >= 4 is 0 Å². The van der Waals surface area contributed by atoms with E-state index in [0.29, 0.717) is 17.9 Å². The largest absolute Gasteiger partial charge is 0.419 e. The molecule has 1 aromatic carbocycles. The Bertz CT molecular complexity index is 453. The number of nitrogens with two attached hydrogens (primary N) is 1. The second-order valence-corrected chi connectivity index (χ2v) is 5.34. The van der Waals surface area contributed by atoms with Crippen LogP contribution in [0.3, 0.4) is 0 Å². The molecule has 1 aromatic rings. The van der Waals surface area contributed by atoms with Gasteiger partial charge in [0.2, 0.25) is 0 Å². The molecule has 1 aliphatic carbocycles. The van der Waals surface area contributed by atoms with E-state index in [2.05, 4.69) is 5.43 Å². The van der Waals surface area contributed by atoms with Gasteiger partial charge in [-0.25, -0.2) is 4.39 Å². The molecule has 0 aromatic heterocycles. The van der Waals surface area contributed by atoms with Gasteiger partial charge in [-0.2, -0.15) is 13.2 Å². The lowest BCUT2D eigenvalue weighted by atomic mass is 9.93. The molecular formula is C14H18F4N2. The lowest BCUT2D eigenvalue weighted by molar-refractivity contribution is -0.140. The van der Waals surface area contributed by atoms with E-state index in [0.717, 1.165) is 37.8 Å². The van der Waals surface area contributed by atoms with Crippen LogP contribution < -0.4 is 11.3 Å². The molecule has 6 heteroatoms. The Kier molecular flexibility index (Phi) is 4.65. The molecule has 20 heavy (non-hydrogen) atoms. The van der Waals surface area contributed by atoms with Crippen molar-refractivity contribution in [2.45, 2.75) is 44.3 Å². The quantitative estimate of drug-likeness (QED) is 0.501. The number of rotatable bonds is 4. The topological polar surface area (TPSA) is 38.0 Å². The molecule has 1 fully saturated rings. The Hall–Kier alpha value is -1.14. The van der Waals surface area contributed by atoms with Crippen molar-refractivity contribution in [3.8, 4) is 0 Å². The summed E-state index contributed by atoms with van der Waals surface area (Å²) in [6, 6.07) is 2.70. The highest BCUT2D eigenvalue weighted by atomic mass is 19.4. The molecule has 0 heterocycles. The molecule has 0 bridgehead atoms. The second-order valence-electron chi connectivity index (χ2n) is 5.34. The highest BCUT2D eigenvalue weighted by Gasteiger charge is 2.35. The average molecular weight is 290 g/mol. The van der Waals surface area contributed by atoms with E-state index in [4.69, 9.17) is 5.84 Å². The van der Waals surface area contributed by atoms with E-state index in [9.17, 15) is 17.6 Å². The van der Waals surface area contributed by atoms with Gasteiger partial charge in [0.05, 0.1) is 5.56 Å². The van der Waals surface area contributed by atoms with Crippen LogP contribution in [0, 0.1) is 11.7 Å². The van der Waals surface area contributed by atoms with Gasteiger partial charge < -0.3 is 0 Å². The van der Waals surface area contributed by atoms with Crippen LogP contribution in [0.25, 0.3) is 0 Å². The molecule has 1 unspecified atom stereocenters. The van der Waals surface area contributed by atoms with Crippen LogP contribution in [0.1, 0.15) is 49.3 Å². The molecular weight excluding hydrogens is 272 g/mol. The SMILES string of the molecule is NNC(CC1CCCC1)c1ccc(F)c(C(F)(F)F)c1. The zero-order valence-electron chi connectivity index (χ0n) is 11.0. The van der Waals surface area contributed by atoms with Gasteiger partial charge in [-0.15, -0.1) is 0 Å². The van der Waals surface area contributed by atoms with Crippen LogP contribution in [0.2, 0.25) is 0 Å². The molecule has 1 saturated carbocycles. The minimum Gasteiger partial charge on any atom is -0.271 e. The summed E-state index contributed by atoms with van der Waals surface area (Å²) in [5.41, 5.74) is 1.70. The van der Waals surface area contributed by atoms with E-state index < -0.39 is 17.6 Å². The predicted octanol–water partition coefficient (Wildman–Crippen LogP) is 3.93. The van der Waals surface area contributed by atoms with E-state index in [1.54, 1.807) is 0 Å². The summed E-state index contributed by atoms with van der Waals surface area (Å²) in [6.45, 7) is 0. The minimum atomic E-state index is -4.69. The van der Waals surface area contributed by atoms with E-state index in [1.807, 2.05) is 0 Å². The smallest absolute Gasteiger partial charge is 0.271 e. The van der Waals surface area contributed by atoms with E-state index in [1.165, 1.54) is 6.07 Å². The number of benzene rings is 1. The fourth-order valence-corrected chi connectivity index (χ4v) is 2.86. The summed E-state index contributed by atoms with van der Waals surface area (Å²) in [7, 11) is 0. The van der Waals surface area contributed by atoms with Gasteiger partial charge >= 0.3 is 6.18 Å². The normalized spacial score (nSPS) is 18.4. The van der Waals surface area contributed by atoms with Gasteiger partial charge in [-0.05, 0) is 30.0 Å². The fourth-order valence-electron chi connectivity index (χ4n) is 2.86. The first-order chi connectivity index (χ1) is 9.41. The highest BCUT2D eigenvalue weighted by molar-refractivity contribution is 5.29. The lowest BCUT2D eigenvalue weighted by Gasteiger charge is -2.21. The maximum absolute atomic E-state index is 13.3. The zero-order valence-corrected chi connectivity index (χ0v) is 11.0. The Labute approximate surface area is 115 Å². The summed E-state index contributed by atoms with van der Waals surface area (Å²) in [6.07, 6.45) is 0.446. The number of hydrazine groups is 1. The van der Waals surface area contributed by atoms with Crippen molar-refractivity contribution in [3.05, 3.63) is 35.1 Å². The van der Waals surface area contributed by atoms with Gasteiger partial charge in [0.1, 0.15) is 5.82 Å². The van der Waals surface area contributed by atoms with Crippen molar-refractivity contribution in [2.24, 2.45) is 11.8 Å². The fraction of sp³-hybridized carbons (Fsp3) is 0.571. The highest BCUT2D eigenvalue weighted by Crippen LogP contribution is 2.36. The summed E-state index contributed by atoms with van der Waals surface area (Å²) in [5.74, 6) is 4.67. The summed E-state index contributed by atoms with van der Waals surface area (Å²) >= 11 is 0. The first-order valence-corrected chi connectivity index (χ1v) is 6.74. The molecule has 1 atom stereocenters. The third kappa shape index (κ3) is 3.49. The van der Waals surface area contributed by atoms with Crippen LogP contribution in [0.5, 0.6) is 0 Å². The molecule has 1 aliphatic rings. The van der Waals surface area contributed by atoms with Crippen LogP contribution in [0.4, 0.5) is 17.6 Å². The Morgan fingerprint density at radius 3 is 2.45 bits per heavy atom. The molecule has 0 spiro atoms. The van der Waals surface area contributed by atoms with Crippen LogP contribution >= 0.6 is 0 Å². The summed E-state index contributed by atoms with van der Waals surface area (Å²) in [4.78, 5) is 0. The third-order valence-electron chi connectivity index (χ3n) is 3.94. The number of halogens is 4. The van der Waals surface area contributed by atoms with E-state index in [-0.39, 0.29) is 6.04 Å². The summed E-state index contributed by atoms with van der Waals surface area (Å²) in [5, 5.41) is 0. The van der Waals surface area contributed by atoms with Crippen molar-refractivity contribution in [1.29, 1.82) is 0 Å². The average Bonchev–Trinajstić information content (AvgIpc) is 2.88. The lowest BCUT2D eigenvalue weighted by Crippen LogP contribution is -2.29. The number of hydrogen-bond donors (Lipinski definition) is 2. The summed E-state index contributed by atoms with van der Waals surface area (Å²) < 4.78 is 51.4. The van der Waals surface area contributed by atoms with Crippen molar-refractivity contribution in [3.63, 3.8) is 0 Å². The molecule has 112 valence electrons. The number of nitrogens with one attached hydrogen (secondary N) is 1. The first kappa shape index (κ1) is 15.3. The molecule has 0 saturated heterocycles. The van der Waals surface area contributed by atoms with Gasteiger partial charge in [0.25, 0.3) is 0 Å². The van der Waals surface area contributed by atoms with Gasteiger partial charge in [-0.3, -0.25) is 11.3 Å². The number of hydrogen-bond acceptors (Lipinski definition) is 2.